The standard InChI is InChI=1S/C32H49N5O4Si/c1-20-16-26(33-9)36-29(34-20)35-25-18-23-13-15-39-28(23)27(21(25)2)22-12-14-37(30(38)40-31(3,4)5)19-24(17-22)41-42(10,11)32(6,7)8/h12,16,18,24H,13-15,17,19H2,1-11H3,(H2,33,34,35,36). The largest absolute Gasteiger partial charge is 0.492 e. The summed E-state index contributed by atoms with van der Waals surface area (Å²) in [6.45, 7) is 22.5. The first-order chi connectivity index (χ1) is 19.5. The van der Waals surface area contributed by atoms with Crippen LogP contribution in [-0.2, 0) is 15.6 Å². The fraction of sp³-hybridized carbons (Fsp3) is 0.594. The molecular formula is C32H49N5O4Si. The van der Waals surface area contributed by atoms with Crippen LogP contribution in [0.15, 0.2) is 18.2 Å². The highest BCUT2D eigenvalue weighted by atomic mass is 28.4. The van der Waals surface area contributed by atoms with Gasteiger partial charge in [-0.05, 0) is 76.4 Å². The van der Waals surface area contributed by atoms with Gasteiger partial charge in [0.25, 0.3) is 0 Å². The van der Waals surface area contributed by atoms with Crippen molar-refractivity contribution in [1.29, 1.82) is 0 Å². The maximum Gasteiger partial charge on any atom is 0.410 e. The van der Waals surface area contributed by atoms with E-state index in [1.807, 2.05) is 40.8 Å². The van der Waals surface area contributed by atoms with E-state index in [-0.39, 0.29) is 17.2 Å². The average Bonchev–Trinajstić information content (AvgIpc) is 3.21. The van der Waals surface area contributed by atoms with Gasteiger partial charge < -0.3 is 29.4 Å². The fourth-order valence-corrected chi connectivity index (χ4v) is 6.45. The van der Waals surface area contributed by atoms with Gasteiger partial charge in [0, 0.05) is 55.1 Å². The van der Waals surface area contributed by atoms with Gasteiger partial charge in [-0.2, -0.15) is 4.98 Å². The summed E-state index contributed by atoms with van der Waals surface area (Å²) >= 11 is 0. The molecular weight excluding hydrogens is 546 g/mol. The number of carbonyl (C=O) groups excluding carboxylic acids is 1. The Morgan fingerprint density at radius 3 is 2.48 bits per heavy atom. The molecule has 230 valence electrons. The van der Waals surface area contributed by atoms with E-state index >= 15 is 0 Å². The molecule has 10 heteroatoms. The number of carbonyl (C=O) groups is 1. The number of aromatic nitrogens is 2. The van der Waals surface area contributed by atoms with Crippen molar-refractivity contribution in [2.75, 3.05) is 37.4 Å². The molecule has 1 amide bonds. The number of rotatable bonds is 6. The lowest BCUT2D eigenvalue weighted by Crippen LogP contribution is -2.48. The Labute approximate surface area is 252 Å². The van der Waals surface area contributed by atoms with Gasteiger partial charge in [-0.15, -0.1) is 0 Å². The first-order valence-corrected chi connectivity index (χ1v) is 17.8. The minimum absolute atomic E-state index is 0.0318. The second-order valence-electron chi connectivity index (χ2n) is 13.9. The lowest BCUT2D eigenvalue weighted by Gasteiger charge is -2.40. The first-order valence-electron chi connectivity index (χ1n) is 14.9. The van der Waals surface area contributed by atoms with Crippen molar-refractivity contribution in [3.8, 4) is 5.75 Å². The molecule has 1 atom stereocenters. The van der Waals surface area contributed by atoms with Gasteiger partial charge in [-0.1, -0.05) is 26.8 Å². The first kappa shape index (κ1) is 31.8. The minimum atomic E-state index is -2.14. The summed E-state index contributed by atoms with van der Waals surface area (Å²) in [4.78, 5) is 24.3. The molecule has 4 rings (SSSR count). The van der Waals surface area contributed by atoms with E-state index in [1.54, 1.807) is 4.90 Å². The quantitative estimate of drug-likeness (QED) is 0.338. The van der Waals surface area contributed by atoms with Crippen LogP contribution in [0.1, 0.15) is 70.3 Å². The molecule has 0 saturated heterocycles. The van der Waals surface area contributed by atoms with Crippen LogP contribution < -0.4 is 15.4 Å². The zero-order chi connectivity index (χ0) is 31.0. The number of amides is 1. The summed E-state index contributed by atoms with van der Waals surface area (Å²) in [5.74, 6) is 2.21. The number of anilines is 3. The van der Waals surface area contributed by atoms with Crippen molar-refractivity contribution in [1.82, 2.24) is 14.9 Å². The Balaban J connectivity index is 1.77. The van der Waals surface area contributed by atoms with Crippen molar-refractivity contribution in [3.05, 3.63) is 40.6 Å². The summed E-state index contributed by atoms with van der Waals surface area (Å²) in [5, 5.41) is 6.62. The predicted octanol–water partition coefficient (Wildman–Crippen LogP) is 7.23. The third-order valence-electron chi connectivity index (χ3n) is 8.26. The van der Waals surface area contributed by atoms with Crippen molar-refractivity contribution < 1.29 is 18.7 Å². The van der Waals surface area contributed by atoms with Crippen LogP contribution in [0.25, 0.3) is 5.57 Å². The highest BCUT2D eigenvalue weighted by molar-refractivity contribution is 6.74. The summed E-state index contributed by atoms with van der Waals surface area (Å²) < 4.78 is 19.0. The van der Waals surface area contributed by atoms with Gasteiger partial charge in [-0.3, -0.25) is 0 Å². The SMILES string of the molecule is CNc1cc(C)nc(Nc2cc3c(c(C4=CCN(C(=O)OC(C)(C)C)CC(O[Si](C)(C)C(C)(C)C)C4)c2C)OCC3)n1. The molecule has 0 spiro atoms. The molecule has 9 nitrogen and oxygen atoms in total. The molecule has 1 aromatic heterocycles. The molecule has 42 heavy (non-hydrogen) atoms. The zero-order valence-electron chi connectivity index (χ0n) is 27.3. The molecule has 2 aliphatic rings. The van der Waals surface area contributed by atoms with Crippen molar-refractivity contribution >= 4 is 37.4 Å². The lowest BCUT2D eigenvalue weighted by molar-refractivity contribution is 0.0196. The second kappa shape index (κ2) is 11.9. The molecule has 2 N–H and O–H groups in total. The van der Waals surface area contributed by atoms with Crippen LogP contribution in [0.5, 0.6) is 5.75 Å². The van der Waals surface area contributed by atoms with E-state index < -0.39 is 13.9 Å². The number of benzene rings is 1. The van der Waals surface area contributed by atoms with Gasteiger partial charge in [0.2, 0.25) is 5.95 Å². The number of nitrogens with zero attached hydrogens (tertiary/aromatic N) is 3. The molecule has 0 radical (unpaired) electrons. The number of nitrogens with one attached hydrogen (secondary N) is 2. The van der Waals surface area contributed by atoms with Gasteiger partial charge in [0.1, 0.15) is 17.2 Å². The van der Waals surface area contributed by atoms with Crippen LogP contribution in [0, 0.1) is 13.8 Å². The Morgan fingerprint density at radius 1 is 1.12 bits per heavy atom. The summed E-state index contributed by atoms with van der Waals surface area (Å²) in [6, 6.07) is 4.06. The molecule has 2 aliphatic heterocycles. The van der Waals surface area contributed by atoms with Crippen LogP contribution in [0.4, 0.5) is 22.2 Å². The lowest BCUT2D eigenvalue weighted by atomic mass is 9.91. The third-order valence-corrected chi connectivity index (χ3v) is 12.8. The van der Waals surface area contributed by atoms with E-state index in [2.05, 4.69) is 73.5 Å². The predicted molar refractivity (Wildman–Crippen MR) is 172 cm³/mol. The van der Waals surface area contributed by atoms with Crippen LogP contribution in [-0.4, -0.2) is 67.7 Å². The Bertz CT molecular complexity index is 1360. The maximum atomic E-state index is 13.3. The third kappa shape index (κ3) is 7.26. The van der Waals surface area contributed by atoms with Crippen molar-refractivity contribution in [3.63, 3.8) is 0 Å². The minimum Gasteiger partial charge on any atom is -0.492 e. The number of hydrogen-bond donors (Lipinski definition) is 2. The van der Waals surface area contributed by atoms with E-state index in [4.69, 9.17) is 13.9 Å². The van der Waals surface area contributed by atoms with Crippen LogP contribution in [0.2, 0.25) is 18.1 Å². The highest BCUT2D eigenvalue weighted by Gasteiger charge is 2.41. The number of ether oxygens (including phenoxy) is 2. The normalized spacial score (nSPS) is 17.6. The summed E-state index contributed by atoms with van der Waals surface area (Å²) in [6.07, 6.45) is 3.13. The van der Waals surface area contributed by atoms with Crippen molar-refractivity contribution in [2.24, 2.45) is 0 Å². The zero-order valence-corrected chi connectivity index (χ0v) is 28.3. The second-order valence-corrected chi connectivity index (χ2v) is 18.7. The Morgan fingerprint density at radius 2 is 1.83 bits per heavy atom. The molecule has 1 unspecified atom stereocenters. The van der Waals surface area contributed by atoms with E-state index in [0.717, 1.165) is 51.6 Å². The topological polar surface area (TPSA) is 97.8 Å². The Kier molecular flexibility index (Phi) is 9.00. The summed E-state index contributed by atoms with van der Waals surface area (Å²) in [7, 11) is -0.289. The Hall–Kier alpha value is -3.11. The number of hydrogen-bond acceptors (Lipinski definition) is 8. The molecule has 0 saturated carbocycles. The van der Waals surface area contributed by atoms with Gasteiger partial charge in [0.15, 0.2) is 8.32 Å². The average molecular weight is 596 g/mol. The molecule has 0 aliphatic carbocycles. The smallest absolute Gasteiger partial charge is 0.410 e. The number of fused-ring (bicyclic) bond motifs is 1. The maximum absolute atomic E-state index is 13.3. The van der Waals surface area contributed by atoms with Crippen LogP contribution in [0.3, 0.4) is 0 Å². The number of aryl methyl sites for hydroxylation is 1. The monoisotopic (exact) mass is 595 g/mol. The molecule has 3 heterocycles. The van der Waals surface area contributed by atoms with E-state index in [9.17, 15) is 4.79 Å². The molecule has 0 fully saturated rings. The van der Waals surface area contributed by atoms with Crippen molar-refractivity contribution in [2.45, 2.75) is 98.1 Å². The molecule has 2 aromatic rings. The fourth-order valence-electron chi connectivity index (χ4n) is 5.10. The molecule has 1 aromatic carbocycles. The highest BCUT2D eigenvalue weighted by Crippen LogP contribution is 2.44. The molecule has 0 bridgehead atoms. The van der Waals surface area contributed by atoms with Gasteiger partial charge in [-0.25, -0.2) is 9.78 Å². The van der Waals surface area contributed by atoms with Gasteiger partial charge >= 0.3 is 6.09 Å². The van der Waals surface area contributed by atoms with E-state index in [0.29, 0.717) is 32.1 Å². The van der Waals surface area contributed by atoms with E-state index in [1.165, 1.54) is 0 Å². The van der Waals surface area contributed by atoms with Crippen LogP contribution >= 0.6 is 0 Å². The van der Waals surface area contributed by atoms with Gasteiger partial charge in [0.05, 0.1) is 12.7 Å². The summed E-state index contributed by atoms with van der Waals surface area (Å²) in [5.41, 5.74) is 5.61.